The molecule has 8 rings (SSSR count). The van der Waals surface area contributed by atoms with E-state index in [0.717, 1.165) is 22.3 Å². The van der Waals surface area contributed by atoms with Crippen LogP contribution in [0.3, 0.4) is 0 Å². The average Bonchev–Trinajstić information content (AvgIpc) is 3.27. The number of nitriles is 1. The van der Waals surface area contributed by atoms with Crippen LogP contribution in [0, 0.1) is 23.2 Å². The van der Waals surface area contributed by atoms with Crippen molar-refractivity contribution in [1.29, 1.82) is 5.26 Å². The van der Waals surface area contributed by atoms with Crippen LogP contribution in [0.15, 0.2) is 102 Å². The van der Waals surface area contributed by atoms with Gasteiger partial charge in [0.25, 0.3) is 5.91 Å². The van der Waals surface area contributed by atoms with Crippen LogP contribution in [0.5, 0.6) is 0 Å². The van der Waals surface area contributed by atoms with Crippen molar-refractivity contribution in [1.82, 2.24) is 5.43 Å². The fraction of sp³-hybridized carbons (Fsp3) is 0.121. The van der Waals surface area contributed by atoms with Crippen LogP contribution in [0.25, 0.3) is 0 Å². The summed E-state index contributed by atoms with van der Waals surface area (Å²) in [5.74, 6) is -3.14. The van der Waals surface area contributed by atoms with Gasteiger partial charge in [-0.1, -0.05) is 72.8 Å². The second-order valence-electron chi connectivity index (χ2n) is 10.5. The molecule has 3 aliphatic carbocycles. The molecule has 198 valence electrons. The molecule has 1 aliphatic heterocycles. The molecule has 4 aromatic carbocycles. The molecule has 0 aromatic heterocycles. The average molecular weight is 538 g/mol. The molecule has 1 fully saturated rings. The minimum absolute atomic E-state index is 0.241. The Morgan fingerprint density at radius 3 is 2.17 bits per heavy atom. The highest BCUT2D eigenvalue weighted by molar-refractivity contribution is 6.25. The summed E-state index contributed by atoms with van der Waals surface area (Å²) in [5, 5.41) is 14.2. The number of carbonyl (C=O) groups is 3. The number of nitrogens with zero attached hydrogens (tertiary/aromatic N) is 3. The number of hydrogen-bond acceptors (Lipinski definition) is 6. The molecular formula is C33H23N5O3. The van der Waals surface area contributed by atoms with Gasteiger partial charge in [-0.25, -0.2) is 10.3 Å². The zero-order chi connectivity index (χ0) is 28.3. The molecule has 41 heavy (non-hydrogen) atoms. The van der Waals surface area contributed by atoms with Crippen LogP contribution in [0.1, 0.15) is 44.1 Å². The van der Waals surface area contributed by atoms with Gasteiger partial charge in [0.05, 0.1) is 34.1 Å². The number of nitrogens with two attached hydrogens (primary N) is 1. The Morgan fingerprint density at radius 2 is 1.49 bits per heavy atom. The number of imide groups is 1. The monoisotopic (exact) mass is 537 g/mol. The quantitative estimate of drug-likeness (QED) is 0.175. The number of para-hydroxylation sites is 2. The molecule has 1 saturated heterocycles. The molecule has 2 bridgehead atoms. The smallest absolute Gasteiger partial charge is 0.273 e. The van der Waals surface area contributed by atoms with Crippen molar-refractivity contribution in [3.05, 3.63) is 130 Å². The van der Waals surface area contributed by atoms with Crippen LogP contribution in [0.4, 0.5) is 11.4 Å². The number of amides is 3. The van der Waals surface area contributed by atoms with Crippen molar-refractivity contribution >= 4 is 35.3 Å². The fourth-order valence-corrected chi connectivity index (χ4v) is 7.01. The predicted octanol–water partition coefficient (Wildman–Crippen LogP) is 4.11. The summed E-state index contributed by atoms with van der Waals surface area (Å²) in [4.78, 5) is 42.8. The summed E-state index contributed by atoms with van der Waals surface area (Å²) < 4.78 is 0. The van der Waals surface area contributed by atoms with E-state index >= 15 is 0 Å². The van der Waals surface area contributed by atoms with Gasteiger partial charge in [0.15, 0.2) is 0 Å². The minimum atomic E-state index is -1.15. The van der Waals surface area contributed by atoms with Crippen LogP contribution in [-0.4, -0.2) is 23.9 Å². The topological polar surface area (TPSA) is 129 Å². The van der Waals surface area contributed by atoms with E-state index in [1.807, 2.05) is 48.5 Å². The molecule has 1 heterocycles. The summed E-state index contributed by atoms with van der Waals surface area (Å²) in [6.45, 7) is 0. The maximum atomic E-state index is 14.4. The standard InChI is InChI=1S/C33H23N5O3/c34-17-19-9-1-8-16-26(19)38-31(40)28-27-20-10-2-5-13-23(20)33(29(28)32(38)41,24-14-6-3-11-21(24)27)18-36-37-30(39)22-12-4-7-15-25(22)35/h1-16,18,27-29H,35H2,(H,37,39)/b36-18-/t27?,28-,29-,33?/m0/s1. The lowest BCUT2D eigenvalue weighted by Crippen LogP contribution is -2.54. The van der Waals surface area contributed by atoms with E-state index in [4.69, 9.17) is 5.73 Å². The van der Waals surface area contributed by atoms with Gasteiger partial charge in [0.2, 0.25) is 11.8 Å². The SMILES string of the molecule is N#Cc1ccccc1N1C(=O)[C@@H]2[C@@H](C1=O)C1c3ccccc3C2(/C=N\NC(=O)c2ccccc2N)c2ccccc21. The van der Waals surface area contributed by atoms with Crippen molar-refractivity contribution in [2.24, 2.45) is 16.9 Å². The third-order valence-electron chi connectivity index (χ3n) is 8.59. The Bertz CT molecular complexity index is 1810. The lowest BCUT2D eigenvalue weighted by Gasteiger charge is -2.52. The summed E-state index contributed by atoms with van der Waals surface area (Å²) in [6, 6.07) is 31.0. The molecule has 3 N–H and O–H groups in total. The van der Waals surface area contributed by atoms with Crippen molar-refractivity contribution < 1.29 is 14.4 Å². The number of hydrogen-bond donors (Lipinski definition) is 2. The van der Waals surface area contributed by atoms with Gasteiger partial charge >= 0.3 is 0 Å². The third-order valence-corrected chi connectivity index (χ3v) is 8.59. The van der Waals surface area contributed by atoms with Crippen LogP contribution in [0.2, 0.25) is 0 Å². The van der Waals surface area contributed by atoms with Gasteiger partial charge in [-0.05, 0) is 46.5 Å². The first-order valence-corrected chi connectivity index (χ1v) is 13.2. The van der Waals surface area contributed by atoms with Crippen LogP contribution >= 0.6 is 0 Å². The first-order valence-electron chi connectivity index (χ1n) is 13.2. The van der Waals surface area contributed by atoms with Gasteiger partial charge < -0.3 is 5.73 Å². The number of nitrogen functional groups attached to an aromatic ring is 1. The Labute approximate surface area is 235 Å². The number of hydrazone groups is 1. The van der Waals surface area contributed by atoms with E-state index in [9.17, 15) is 19.6 Å². The van der Waals surface area contributed by atoms with E-state index in [2.05, 4.69) is 16.6 Å². The summed E-state index contributed by atoms with van der Waals surface area (Å²) in [7, 11) is 0. The summed E-state index contributed by atoms with van der Waals surface area (Å²) in [6.07, 6.45) is 1.60. The maximum absolute atomic E-state index is 14.4. The van der Waals surface area contributed by atoms with Crippen molar-refractivity contribution in [3.8, 4) is 6.07 Å². The van der Waals surface area contributed by atoms with Crippen molar-refractivity contribution in [2.75, 3.05) is 10.6 Å². The van der Waals surface area contributed by atoms with Gasteiger partial charge in [0.1, 0.15) is 6.07 Å². The lowest BCUT2D eigenvalue weighted by molar-refractivity contribution is -0.122. The minimum Gasteiger partial charge on any atom is -0.398 e. The molecule has 4 aliphatic rings. The predicted molar refractivity (Wildman–Crippen MR) is 153 cm³/mol. The summed E-state index contributed by atoms with van der Waals surface area (Å²) >= 11 is 0. The Kier molecular flexibility index (Phi) is 5.37. The van der Waals surface area contributed by atoms with Crippen LogP contribution < -0.4 is 16.1 Å². The molecule has 3 amide bonds. The fourth-order valence-electron chi connectivity index (χ4n) is 7.01. The van der Waals surface area contributed by atoms with Gasteiger partial charge in [-0.2, -0.15) is 10.4 Å². The molecule has 2 atom stereocenters. The van der Waals surface area contributed by atoms with Gasteiger partial charge in [-0.3, -0.25) is 14.4 Å². The van der Waals surface area contributed by atoms with Crippen molar-refractivity contribution in [3.63, 3.8) is 0 Å². The maximum Gasteiger partial charge on any atom is 0.273 e. The molecule has 0 radical (unpaired) electrons. The Hall–Kier alpha value is -5.55. The number of anilines is 2. The molecule has 4 aromatic rings. The van der Waals surface area contributed by atoms with Crippen LogP contribution in [-0.2, 0) is 15.0 Å². The third kappa shape index (κ3) is 3.26. The molecular weight excluding hydrogens is 514 g/mol. The number of benzene rings is 4. The highest BCUT2D eigenvalue weighted by atomic mass is 16.2. The zero-order valence-electron chi connectivity index (χ0n) is 21.7. The molecule has 0 spiro atoms. The molecule has 0 unspecified atom stereocenters. The largest absolute Gasteiger partial charge is 0.398 e. The van der Waals surface area contributed by atoms with Gasteiger partial charge in [-0.15, -0.1) is 0 Å². The molecule has 8 nitrogen and oxygen atoms in total. The van der Waals surface area contributed by atoms with E-state index in [0.29, 0.717) is 5.69 Å². The van der Waals surface area contributed by atoms with E-state index < -0.39 is 29.1 Å². The number of rotatable bonds is 4. The van der Waals surface area contributed by atoms with Gasteiger partial charge in [0, 0.05) is 17.8 Å². The number of nitrogens with one attached hydrogen (secondary N) is 1. The zero-order valence-corrected chi connectivity index (χ0v) is 21.7. The van der Waals surface area contributed by atoms with E-state index in [-0.39, 0.29) is 28.6 Å². The molecule has 0 saturated carbocycles. The first-order chi connectivity index (χ1) is 20.0. The summed E-state index contributed by atoms with van der Waals surface area (Å²) in [5.41, 5.74) is 12.1. The van der Waals surface area contributed by atoms with E-state index in [1.165, 1.54) is 4.90 Å². The van der Waals surface area contributed by atoms with E-state index in [1.54, 1.807) is 54.7 Å². The Balaban J connectivity index is 1.42. The highest BCUT2D eigenvalue weighted by Crippen LogP contribution is 2.63. The number of carbonyl (C=O) groups excluding carboxylic acids is 3. The highest BCUT2D eigenvalue weighted by Gasteiger charge is 2.68. The van der Waals surface area contributed by atoms with Crippen molar-refractivity contribution in [2.45, 2.75) is 11.3 Å². The lowest BCUT2D eigenvalue weighted by atomic mass is 9.47. The second kappa shape index (κ2) is 9.00. The second-order valence-corrected chi connectivity index (χ2v) is 10.5. The normalized spacial score (nSPS) is 23.6. The first kappa shape index (κ1) is 24.5. The molecule has 8 heteroatoms. The Morgan fingerprint density at radius 1 is 0.878 bits per heavy atom.